The van der Waals surface area contributed by atoms with Gasteiger partial charge in [0.1, 0.15) is 0 Å². The van der Waals surface area contributed by atoms with E-state index in [2.05, 4.69) is 15.8 Å². The first-order chi connectivity index (χ1) is 4.34. The Balaban J connectivity index is 0.000000810. The van der Waals surface area contributed by atoms with Crippen LogP contribution in [0, 0.1) is 0 Å². The van der Waals surface area contributed by atoms with Crippen molar-refractivity contribution >= 4 is 33.0 Å². The van der Waals surface area contributed by atoms with Gasteiger partial charge in [0.25, 0.3) is 0 Å². The normalized spacial score (nSPS) is 8.10. The zero-order chi connectivity index (χ0) is 6.69. The van der Waals surface area contributed by atoms with Crippen LogP contribution in [0.1, 0.15) is 5.56 Å². The molecule has 0 spiro atoms. The second-order valence-corrected chi connectivity index (χ2v) is 2.46. The van der Waals surface area contributed by atoms with Crippen molar-refractivity contribution in [2.24, 2.45) is 0 Å². The molecule has 0 aliphatic carbocycles. The summed E-state index contributed by atoms with van der Waals surface area (Å²) in [6.45, 7) is 3.68. The zero-order valence-electron chi connectivity index (χ0n) is 5.58. The lowest BCUT2D eigenvalue weighted by atomic mass is 10.2. The number of hydrogen-bond acceptors (Lipinski definition) is 0. The van der Waals surface area contributed by atoms with E-state index in [0.717, 1.165) is 0 Å². The molecule has 0 aliphatic heterocycles. The molecule has 0 amide bonds. The van der Waals surface area contributed by atoms with E-state index >= 15 is 0 Å². The van der Waals surface area contributed by atoms with Crippen LogP contribution in [0.5, 0.6) is 0 Å². The molecule has 54 valence electrons. The minimum absolute atomic E-state index is 0. The largest absolute Gasteiger partial charge is 0.147 e. The molecule has 0 N–H and O–H groups in total. The summed E-state index contributed by atoms with van der Waals surface area (Å²) in [7, 11) is 2.66. The van der Waals surface area contributed by atoms with Crippen LogP contribution < -0.4 is 5.30 Å². The smallest absolute Gasteiger partial charge is 0.0191 e. The van der Waals surface area contributed by atoms with Crippen molar-refractivity contribution in [3.05, 3.63) is 36.4 Å². The lowest BCUT2D eigenvalue weighted by Gasteiger charge is -1.94. The molecule has 1 atom stereocenters. The van der Waals surface area contributed by atoms with Crippen LogP contribution in [0.4, 0.5) is 0 Å². The predicted molar refractivity (Wildman–Crippen MR) is 53.1 cm³/mol. The lowest BCUT2D eigenvalue weighted by molar-refractivity contribution is 1.73. The molecule has 0 saturated heterocycles. The van der Waals surface area contributed by atoms with Crippen LogP contribution in [-0.4, -0.2) is 0 Å². The Labute approximate surface area is 70.0 Å². The van der Waals surface area contributed by atoms with Gasteiger partial charge in [0.2, 0.25) is 0 Å². The van der Waals surface area contributed by atoms with E-state index in [4.69, 9.17) is 0 Å². The molecule has 0 fully saturated rings. The van der Waals surface area contributed by atoms with Gasteiger partial charge < -0.3 is 0 Å². The molecule has 1 aromatic rings. The summed E-state index contributed by atoms with van der Waals surface area (Å²) in [5.41, 5.74) is 1.18. The zero-order valence-corrected chi connectivity index (χ0v) is 7.55. The standard InChI is InChI=1S/C8H9P.ClH/c1-2-7-5-3-4-6-8(7)9;/h2-6H,1,9H2;1H. The van der Waals surface area contributed by atoms with E-state index in [1.54, 1.807) is 0 Å². The summed E-state index contributed by atoms with van der Waals surface area (Å²) in [4.78, 5) is 0. The van der Waals surface area contributed by atoms with Crippen molar-refractivity contribution in [3.63, 3.8) is 0 Å². The molecule has 10 heavy (non-hydrogen) atoms. The van der Waals surface area contributed by atoms with Gasteiger partial charge in [-0.2, -0.15) is 0 Å². The van der Waals surface area contributed by atoms with Crippen molar-refractivity contribution < 1.29 is 0 Å². The van der Waals surface area contributed by atoms with E-state index in [1.807, 2.05) is 30.3 Å². The van der Waals surface area contributed by atoms with Crippen molar-refractivity contribution in [2.75, 3.05) is 0 Å². The third kappa shape index (κ3) is 2.13. The average molecular weight is 173 g/mol. The molecule has 2 heteroatoms. The molecule has 0 aromatic heterocycles. The van der Waals surface area contributed by atoms with Gasteiger partial charge in [-0.05, 0) is 10.9 Å². The van der Waals surface area contributed by atoms with Crippen LogP contribution in [0.25, 0.3) is 6.08 Å². The van der Waals surface area contributed by atoms with Crippen molar-refractivity contribution in [1.29, 1.82) is 0 Å². The molecule has 0 aliphatic rings. The van der Waals surface area contributed by atoms with E-state index in [0.29, 0.717) is 0 Å². The van der Waals surface area contributed by atoms with Crippen LogP contribution in [-0.2, 0) is 0 Å². The maximum absolute atomic E-state index is 3.68. The fourth-order valence-corrected chi connectivity index (χ4v) is 1.02. The molecule has 0 radical (unpaired) electrons. The maximum Gasteiger partial charge on any atom is -0.0191 e. The van der Waals surface area contributed by atoms with Gasteiger partial charge in [-0.15, -0.1) is 21.6 Å². The first kappa shape index (κ1) is 9.68. The van der Waals surface area contributed by atoms with Gasteiger partial charge in [-0.25, -0.2) is 0 Å². The van der Waals surface area contributed by atoms with Crippen molar-refractivity contribution in [1.82, 2.24) is 0 Å². The van der Waals surface area contributed by atoms with Crippen molar-refractivity contribution in [2.45, 2.75) is 0 Å². The van der Waals surface area contributed by atoms with Crippen LogP contribution in [0.2, 0.25) is 0 Å². The Morgan fingerprint density at radius 3 is 2.30 bits per heavy atom. The topological polar surface area (TPSA) is 0 Å². The van der Waals surface area contributed by atoms with Gasteiger partial charge in [-0.1, -0.05) is 36.9 Å². The van der Waals surface area contributed by atoms with E-state index in [9.17, 15) is 0 Å². The third-order valence-electron chi connectivity index (χ3n) is 1.22. The second-order valence-electron chi connectivity index (χ2n) is 1.83. The van der Waals surface area contributed by atoms with Gasteiger partial charge >= 0.3 is 0 Å². The Hall–Kier alpha value is -0.320. The fourth-order valence-electron chi connectivity index (χ4n) is 0.697. The molecule has 0 heterocycles. The second kappa shape index (κ2) is 4.49. The molecule has 0 nitrogen and oxygen atoms in total. The maximum atomic E-state index is 3.68. The molecule has 1 unspecified atom stereocenters. The summed E-state index contributed by atoms with van der Waals surface area (Å²) in [6.07, 6.45) is 1.85. The van der Waals surface area contributed by atoms with Crippen LogP contribution >= 0.6 is 21.6 Å². The van der Waals surface area contributed by atoms with Crippen LogP contribution in [0.3, 0.4) is 0 Å². The van der Waals surface area contributed by atoms with Crippen molar-refractivity contribution in [3.8, 4) is 0 Å². The van der Waals surface area contributed by atoms with E-state index < -0.39 is 0 Å². The van der Waals surface area contributed by atoms with Crippen LogP contribution in [0.15, 0.2) is 30.8 Å². The first-order valence-corrected chi connectivity index (χ1v) is 3.39. The Bertz CT molecular complexity index is 220. The minimum Gasteiger partial charge on any atom is -0.147 e. The molecular weight excluding hydrogens is 163 g/mol. The first-order valence-electron chi connectivity index (χ1n) is 2.81. The Kier molecular flexibility index (Phi) is 4.34. The van der Waals surface area contributed by atoms with E-state index in [1.165, 1.54) is 10.9 Å². The molecular formula is C8H10ClP. The number of halogens is 1. The summed E-state index contributed by atoms with van der Waals surface area (Å²) in [5, 5.41) is 1.20. The van der Waals surface area contributed by atoms with E-state index in [-0.39, 0.29) is 12.4 Å². The highest BCUT2D eigenvalue weighted by Crippen LogP contribution is 2.00. The molecule has 1 aromatic carbocycles. The minimum atomic E-state index is 0. The quantitative estimate of drug-likeness (QED) is 0.570. The van der Waals surface area contributed by atoms with Gasteiger partial charge in [-0.3, -0.25) is 0 Å². The fraction of sp³-hybridized carbons (Fsp3) is 0. The van der Waals surface area contributed by atoms with Gasteiger partial charge in [0, 0.05) is 0 Å². The van der Waals surface area contributed by atoms with Gasteiger partial charge in [0.15, 0.2) is 0 Å². The predicted octanol–water partition coefficient (Wildman–Crippen LogP) is 2.25. The highest BCUT2D eigenvalue weighted by Gasteiger charge is 1.86. The van der Waals surface area contributed by atoms with Gasteiger partial charge in [0.05, 0.1) is 0 Å². The monoisotopic (exact) mass is 172 g/mol. The summed E-state index contributed by atoms with van der Waals surface area (Å²) >= 11 is 0. The molecule has 0 bridgehead atoms. The number of hydrogen-bond donors (Lipinski definition) is 0. The third-order valence-corrected chi connectivity index (χ3v) is 1.74. The summed E-state index contributed by atoms with van der Waals surface area (Å²) < 4.78 is 0. The SMILES string of the molecule is C=Cc1ccccc1P.Cl. The highest BCUT2D eigenvalue weighted by molar-refractivity contribution is 7.27. The number of rotatable bonds is 1. The summed E-state index contributed by atoms with van der Waals surface area (Å²) in [5.74, 6) is 0. The lowest BCUT2D eigenvalue weighted by Crippen LogP contribution is -1.92. The highest BCUT2D eigenvalue weighted by atomic mass is 35.5. The average Bonchev–Trinajstić information content (AvgIpc) is 1.89. The Morgan fingerprint density at radius 2 is 1.90 bits per heavy atom. The number of benzene rings is 1. The molecule has 1 rings (SSSR count). The molecule has 0 saturated carbocycles. The summed E-state index contributed by atoms with van der Waals surface area (Å²) in [6, 6.07) is 8.09. The Morgan fingerprint density at radius 1 is 1.30 bits per heavy atom.